The molecule has 0 spiro atoms. The molecule has 1 heterocycles. The van der Waals surface area contributed by atoms with Crippen LogP contribution < -0.4 is 0 Å². The molecular formula is C15H21NO. The molecule has 2 rings (SSSR count). The third-order valence-corrected chi connectivity index (χ3v) is 3.69. The van der Waals surface area contributed by atoms with E-state index in [0.29, 0.717) is 12.1 Å². The molecule has 1 aliphatic rings. The molecule has 1 aromatic carbocycles. The number of nitrogens with zero attached hydrogens (tertiary/aromatic N) is 1. The van der Waals surface area contributed by atoms with Gasteiger partial charge in [0.25, 0.3) is 5.91 Å². The molecule has 2 heteroatoms. The zero-order valence-electron chi connectivity index (χ0n) is 10.9. The standard InChI is InChI=1S/C15H21NO/c1-11-6-4-9-14(10-11)15(17)16-12(2)7-5-8-13(16)3/h4,6,9-10,12-13H,5,7-8H2,1-3H3/t12-,13-/m1/s1. The number of hydrogen-bond acceptors (Lipinski definition) is 1. The molecule has 0 saturated carbocycles. The quantitative estimate of drug-likeness (QED) is 0.725. The predicted octanol–water partition coefficient (Wildman–Crippen LogP) is 3.40. The summed E-state index contributed by atoms with van der Waals surface area (Å²) < 4.78 is 0. The Hall–Kier alpha value is -1.31. The molecule has 0 aromatic heterocycles. The summed E-state index contributed by atoms with van der Waals surface area (Å²) >= 11 is 0. The van der Waals surface area contributed by atoms with E-state index in [9.17, 15) is 4.79 Å². The molecule has 0 unspecified atom stereocenters. The lowest BCUT2D eigenvalue weighted by Crippen LogP contribution is -2.47. The second-order valence-electron chi connectivity index (χ2n) is 5.21. The minimum Gasteiger partial charge on any atom is -0.333 e. The van der Waals surface area contributed by atoms with Crippen molar-refractivity contribution >= 4 is 5.91 Å². The second kappa shape index (κ2) is 4.91. The Morgan fingerprint density at radius 1 is 1.24 bits per heavy atom. The lowest BCUT2D eigenvalue weighted by atomic mass is 9.96. The Morgan fingerprint density at radius 2 is 1.88 bits per heavy atom. The molecule has 2 nitrogen and oxygen atoms in total. The highest BCUT2D eigenvalue weighted by atomic mass is 16.2. The third kappa shape index (κ3) is 2.51. The molecule has 2 atom stereocenters. The van der Waals surface area contributed by atoms with Gasteiger partial charge in [-0.1, -0.05) is 17.7 Å². The van der Waals surface area contributed by atoms with E-state index in [0.717, 1.165) is 24.0 Å². The van der Waals surface area contributed by atoms with Crippen molar-refractivity contribution in [2.45, 2.75) is 52.1 Å². The fourth-order valence-corrected chi connectivity index (χ4v) is 2.75. The Kier molecular flexibility index (Phi) is 3.51. The van der Waals surface area contributed by atoms with Gasteiger partial charge in [0, 0.05) is 17.6 Å². The first-order valence-electron chi connectivity index (χ1n) is 6.49. The summed E-state index contributed by atoms with van der Waals surface area (Å²) in [5, 5.41) is 0. The van der Waals surface area contributed by atoms with Crippen LogP contribution in [-0.4, -0.2) is 22.9 Å². The summed E-state index contributed by atoms with van der Waals surface area (Å²) in [4.78, 5) is 14.6. The van der Waals surface area contributed by atoms with Crippen LogP contribution >= 0.6 is 0 Å². The van der Waals surface area contributed by atoms with Crippen LogP contribution in [0.25, 0.3) is 0 Å². The number of rotatable bonds is 1. The van der Waals surface area contributed by atoms with Crippen molar-refractivity contribution in [1.29, 1.82) is 0 Å². The van der Waals surface area contributed by atoms with Crippen LogP contribution in [0.3, 0.4) is 0 Å². The molecule has 0 bridgehead atoms. The maximum atomic E-state index is 12.5. The average Bonchev–Trinajstić information content (AvgIpc) is 2.28. The minimum absolute atomic E-state index is 0.188. The van der Waals surface area contributed by atoms with Crippen LogP contribution in [0.15, 0.2) is 24.3 Å². The van der Waals surface area contributed by atoms with Gasteiger partial charge in [0.1, 0.15) is 0 Å². The molecule has 0 aliphatic carbocycles. The highest BCUT2D eigenvalue weighted by molar-refractivity contribution is 5.94. The SMILES string of the molecule is Cc1cccc(C(=O)N2[C@H](C)CCC[C@H]2C)c1. The van der Waals surface area contributed by atoms with Crippen LogP contribution in [0, 0.1) is 6.92 Å². The average molecular weight is 231 g/mol. The second-order valence-corrected chi connectivity index (χ2v) is 5.21. The highest BCUT2D eigenvalue weighted by Crippen LogP contribution is 2.24. The van der Waals surface area contributed by atoms with Crippen molar-refractivity contribution in [3.8, 4) is 0 Å². The summed E-state index contributed by atoms with van der Waals surface area (Å²) in [6, 6.07) is 8.63. The maximum Gasteiger partial charge on any atom is 0.254 e. The summed E-state index contributed by atoms with van der Waals surface area (Å²) in [7, 11) is 0. The fraction of sp³-hybridized carbons (Fsp3) is 0.533. The molecule has 1 fully saturated rings. The van der Waals surface area contributed by atoms with Crippen molar-refractivity contribution in [2.24, 2.45) is 0 Å². The molecule has 0 N–H and O–H groups in total. The van der Waals surface area contributed by atoms with Gasteiger partial charge in [-0.2, -0.15) is 0 Å². The summed E-state index contributed by atoms with van der Waals surface area (Å²) in [5.41, 5.74) is 1.97. The fourth-order valence-electron chi connectivity index (χ4n) is 2.75. The van der Waals surface area contributed by atoms with Gasteiger partial charge in [0.2, 0.25) is 0 Å². The minimum atomic E-state index is 0.188. The molecule has 92 valence electrons. The van der Waals surface area contributed by atoms with Crippen LogP contribution in [-0.2, 0) is 0 Å². The van der Waals surface area contributed by atoms with E-state index in [-0.39, 0.29) is 5.91 Å². The number of amides is 1. The van der Waals surface area contributed by atoms with E-state index in [1.807, 2.05) is 31.2 Å². The van der Waals surface area contributed by atoms with E-state index >= 15 is 0 Å². The first kappa shape index (κ1) is 12.2. The van der Waals surface area contributed by atoms with Gasteiger partial charge in [0.15, 0.2) is 0 Å². The smallest absolute Gasteiger partial charge is 0.254 e. The Bertz CT molecular complexity index is 403. The first-order chi connectivity index (χ1) is 8.09. The van der Waals surface area contributed by atoms with E-state index in [1.54, 1.807) is 0 Å². The van der Waals surface area contributed by atoms with Gasteiger partial charge in [-0.25, -0.2) is 0 Å². The van der Waals surface area contributed by atoms with Gasteiger partial charge < -0.3 is 4.90 Å². The Balaban J connectivity index is 2.24. The topological polar surface area (TPSA) is 20.3 Å². The van der Waals surface area contributed by atoms with Crippen molar-refractivity contribution < 1.29 is 4.79 Å². The lowest BCUT2D eigenvalue weighted by Gasteiger charge is -2.39. The monoisotopic (exact) mass is 231 g/mol. The zero-order valence-corrected chi connectivity index (χ0v) is 10.9. The molecule has 1 aromatic rings. The summed E-state index contributed by atoms with van der Waals surface area (Å²) in [5.74, 6) is 0.188. The molecule has 0 radical (unpaired) electrons. The van der Waals surface area contributed by atoms with Crippen molar-refractivity contribution in [3.05, 3.63) is 35.4 Å². The summed E-state index contributed by atoms with van der Waals surface area (Å²) in [6.07, 6.45) is 3.49. The molecule has 1 aliphatic heterocycles. The normalized spacial score (nSPS) is 24.8. The van der Waals surface area contributed by atoms with Crippen LogP contribution in [0.2, 0.25) is 0 Å². The van der Waals surface area contributed by atoms with Gasteiger partial charge in [-0.3, -0.25) is 4.79 Å². The van der Waals surface area contributed by atoms with E-state index in [1.165, 1.54) is 6.42 Å². The predicted molar refractivity (Wildman–Crippen MR) is 70.1 cm³/mol. The van der Waals surface area contributed by atoms with E-state index in [2.05, 4.69) is 18.7 Å². The van der Waals surface area contributed by atoms with Crippen molar-refractivity contribution in [2.75, 3.05) is 0 Å². The maximum absolute atomic E-state index is 12.5. The number of carbonyl (C=O) groups is 1. The summed E-state index contributed by atoms with van der Waals surface area (Å²) in [6.45, 7) is 6.34. The lowest BCUT2D eigenvalue weighted by molar-refractivity contribution is 0.0510. The highest BCUT2D eigenvalue weighted by Gasteiger charge is 2.29. The van der Waals surface area contributed by atoms with Crippen LogP contribution in [0.1, 0.15) is 49.0 Å². The zero-order chi connectivity index (χ0) is 12.4. The van der Waals surface area contributed by atoms with E-state index in [4.69, 9.17) is 0 Å². The van der Waals surface area contributed by atoms with Gasteiger partial charge in [-0.15, -0.1) is 0 Å². The number of piperidine rings is 1. The number of likely N-dealkylation sites (tertiary alicyclic amines) is 1. The molecule has 1 saturated heterocycles. The number of carbonyl (C=O) groups excluding carboxylic acids is 1. The number of benzene rings is 1. The number of hydrogen-bond donors (Lipinski definition) is 0. The van der Waals surface area contributed by atoms with Crippen LogP contribution in [0.5, 0.6) is 0 Å². The Morgan fingerprint density at radius 3 is 2.47 bits per heavy atom. The van der Waals surface area contributed by atoms with Gasteiger partial charge >= 0.3 is 0 Å². The van der Waals surface area contributed by atoms with Crippen LogP contribution in [0.4, 0.5) is 0 Å². The largest absolute Gasteiger partial charge is 0.333 e. The van der Waals surface area contributed by atoms with Crippen molar-refractivity contribution in [1.82, 2.24) is 4.90 Å². The first-order valence-corrected chi connectivity index (χ1v) is 6.49. The number of aryl methyl sites for hydroxylation is 1. The third-order valence-electron chi connectivity index (χ3n) is 3.69. The van der Waals surface area contributed by atoms with Gasteiger partial charge in [-0.05, 0) is 52.2 Å². The van der Waals surface area contributed by atoms with Crippen molar-refractivity contribution in [3.63, 3.8) is 0 Å². The Labute approximate surface area is 104 Å². The molecule has 17 heavy (non-hydrogen) atoms. The van der Waals surface area contributed by atoms with Gasteiger partial charge in [0.05, 0.1) is 0 Å². The molecular weight excluding hydrogens is 210 g/mol. The van der Waals surface area contributed by atoms with E-state index < -0.39 is 0 Å². The molecule has 1 amide bonds.